The van der Waals surface area contributed by atoms with Crippen LogP contribution < -0.4 is 4.57 Å². The van der Waals surface area contributed by atoms with Gasteiger partial charge >= 0.3 is 0 Å². The van der Waals surface area contributed by atoms with Gasteiger partial charge in [0.1, 0.15) is 7.05 Å². The number of nitrogens with zero attached hydrogens (tertiary/aromatic N) is 2. The van der Waals surface area contributed by atoms with E-state index in [4.69, 9.17) is 12.6 Å². The molecule has 3 heterocycles. The Hall–Kier alpha value is -2.68. The molecule has 1 unspecified atom stereocenters. The van der Waals surface area contributed by atoms with E-state index < -0.39 is 19.1 Å². The van der Waals surface area contributed by atoms with Gasteiger partial charge in [-0.2, -0.15) is 0 Å². The van der Waals surface area contributed by atoms with Crippen LogP contribution in [0.5, 0.6) is 0 Å². The van der Waals surface area contributed by atoms with Gasteiger partial charge in [-0.25, -0.2) is 9.55 Å². The van der Waals surface area contributed by atoms with Crippen molar-refractivity contribution in [2.24, 2.45) is 7.05 Å². The standard InChI is InChI=1S/C25H27N2O/c1-15-9-10-19-20-11-12-21(18-7-5-6-8-18)26-25(20)28-24(19)23(15)22-13-16(2)17(3)14-27(22)4/h9-14,18H,5-8H2,1-4H3/q+1/i3D3,7D2,18D. The van der Waals surface area contributed by atoms with Crippen LogP contribution >= 0.6 is 0 Å². The molecular formula is C25H27N2O+. The van der Waals surface area contributed by atoms with Crippen LogP contribution in [0.25, 0.3) is 33.3 Å². The first-order valence-electron chi connectivity index (χ1n) is 12.7. The van der Waals surface area contributed by atoms with Crippen molar-refractivity contribution in [3.05, 3.63) is 58.9 Å². The van der Waals surface area contributed by atoms with Gasteiger partial charge in [0.25, 0.3) is 0 Å². The maximum atomic E-state index is 8.84. The smallest absolute Gasteiger partial charge is 0.227 e. The average molecular weight is 378 g/mol. The van der Waals surface area contributed by atoms with Gasteiger partial charge in [0.2, 0.25) is 11.4 Å². The summed E-state index contributed by atoms with van der Waals surface area (Å²) in [5.74, 6) is -1.40. The minimum atomic E-state index is -2.20. The molecular weight excluding hydrogens is 344 g/mol. The van der Waals surface area contributed by atoms with Gasteiger partial charge < -0.3 is 4.42 Å². The Morgan fingerprint density at radius 2 is 2.00 bits per heavy atom. The first-order valence-corrected chi connectivity index (χ1v) is 9.68. The molecule has 1 atom stereocenters. The second-order valence-corrected chi connectivity index (χ2v) is 7.66. The zero-order chi connectivity index (χ0) is 24.6. The van der Waals surface area contributed by atoms with Crippen molar-refractivity contribution in [3.63, 3.8) is 0 Å². The first kappa shape index (κ1) is 12.0. The fraction of sp³-hybridized carbons (Fsp3) is 0.360. The predicted molar refractivity (Wildman–Crippen MR) is 114 cm³/mol. The van der Waals surface area contributed by atoms with Gasteiger partial charge in [-0.3, -0.25) is 0 Å². The maximum Gasteiger partial charge on any atom is 0.227 e. The largest absolute Gasteiger partial charge is 0.437 e. The number of pyridine rings is 2. The molecule has 3 aromatic heterocycles. The van der Waals surface area contributed by atoms with E-state index >= 15 is 0 Å². The van der Waals surface area contributed by atoms with E-state index in [1.54, 1.807) is 19.2 Å². The van der Waals surface area contributed by atoms with Crippen molar-refractivity contribution >= 4 is 22.1 Å². The fourth-order valence-electron chi connectivity index (χ4n) is 4.12. The molecule has 1 aliphatic carbocycles. The van der Waals surface area contributed by atoms with Crippen LogP contribution in [0.1, 0.15) is 62.1 Å². The van der Waals surface area contributed by atoms with Gasteiger partial charge in [0, 0.05) is 42.2 Å². The summed E-state index contributed by atoms with van der Waals surface area (Å²) in [6.45, 7) is 1.59. The maximum absolute atomic E-state index is 8.84. The zero-order valence-corrected chi connectivity index (χ0v) is 16.4. The summed E-state index contributed by atoms with van der Waals surface area (Å²) in [6.07, 6.45) is 1.44. The van der Waals surface area contributed by atoms with Gasteiger partial charge in [0.05, 0.1) is 5.56 Å². The summed E-state index contributed by atoms with van der Waals surface area (Å²) in [5.41, 5.74) is 5.08. The molecule has 0 bridgehead atoms. The van der Waals surface area contributed by atoms with E-state index in [1.165, 1.54) is 0 Å². The molecule has 1 aliphatic rings. The highest BCUT2D eigenvalue weighted by molar-refractivity contribution is 6.08. The number of hydrogen-bond donors (Lipinski definition) is 0. The summed E-state index contributed by atoms with van der Waals surface area (Å²) < 4.78 is 57.1. The van der Waals surface area contributed by atoms with Crippen molar-refractivity contribution in [2.75, 3.05) is 0 Å². The summed E-state index contributed by atoms with van der Waals surface area (Å²) >= 11 is 0. The van der Waals surface area contributed by atoms with Crippen LogP contribution in [0.15, 0.2) is 40.9 Å². The lowest BCUT2D eigenvalue weighted by atomic mass is 9.98. The molecule has 0 N–H and O–H groups in total. The number of furan rings is 1. The predicted octanol–water partition coefficient (Wildman–Crippen LogP) is 6.06. The molecule has 1 aromatic carbocycles. The Balaban J connectivity index is 1.73. The van der Waals surface area contributed by atoms with E-state index in [1.807, 2.05) is 42.8 Å². The average Bonchev–Trinajstić information content (AvgIpc) is 3.25. The molecule has 28 heavy (non-hydrogen) atoms. The van der Waals surface area contributed by atoms with Gasteiger partial charge in [0.15, 0.2) is 11.8 Å². The van der Waals surface area contributed by atoms with Gasteiger partial charge in [-0.05, 0) is 56.8 Å². The molecule has 1 fully saturated rings. The third-order valence-electron chi connectivity index (χ3n) is 5.70. The molecule has 5 rings (SSSR count). The second-order valence-electron chi connectivity index (χ2n) is 7.66. The molecule has 0 radical (unpaired) electrons. The monoisotopic (exact) mass is 377 g/mol. The molecule has 142 valence electrons. The Labute approximate surface area is 174 Å². The molecule has 0 amide bonds. The Morgan fingerprint density at radius 3 is 2.79 bits per heavy atom. The van der Waals surface area contributed by atoms with E-state index in [-0.39, 0.29) is 0 Å². The molecule has 0 saturated heterocycles. The highest BCUT2D eigenvalue weighted by Gasteiger charge is 2.23. The third-order valence-corrected chi connectivity index (χ3v) is 5.70. The summed E-state index contributed by atoms with van der Waals surface area (Å²) in [7, 11) is 1.83. The number of fused-ring (bicyclic) bond motifs is 3. The molecule has 0 aliphatic heterocycles. The highest BCUT2D eigenvalue weighted by atomic mass is 16.3. The number of aryl methyl sites for hydroxylation is 4. The van der Waals surface area contributed by atoms with Crippen molar-refractivity contribution in [1.29, 1.82) is 0 Å². The van der Waals surface area contributed by atoms with Crippen molar-refractivity contribution in [2.45, 2.75) is 52.2 Å². The van der Waals surface area contributed by atoms with Gasteiger partial charge in [-0.15, -0.1) is 0 Å². The normalized spacial score (nSPS) is 25.1. The summed E-state index contributed by atoms with van der Waals surface area (Å²) in [6, 6.07) is 9.49. The third kappa shape index (κ3) is 2.64. The minimum Gasteiger partial charge on any atom is -0.437 e. The Bertz CT molecular complexity index is 1460. The van der Waals surface area contributed by atoms with Crippen LogP contribution in [-0.2, 0) is 7.05 Å². The van der Waals surface area contributed by atoms with Crippen LogP contribution in [0.4, 0.5) is 0 Å². The summed E-state index contributed by atoms with van der Waals surface area (Å²) in [4.78, 5) is 4.64. The lowest BCUT2D eigenvalue weighted by Crippen LogP contribution is -2.31. The topological polar surface area (TPSA) is 29.9 Å². The highest BCUT2D eigenvalue weighted by Crippen LogP contribution is 2.39. The fourth-order valence-corrected chi connectivity index (χ4v) is 4.12. The number of benzene rings is 1. The first-order chi connectivity index (χ1) is 15.8. The lowest BCUT2D eigenvalue weighted by molar-refractivity contribution is -0.660. The number of hydrogen-bond acceptors (Lipinski definition) is 2. The van der Waals surface area contributed by atoms with Crippen LogP contribution in [0, 0.1) is 20.7 Å². The lowest BCUT2D eigenvalue weighted by Gasteiger charge is -2.07. The quantitative estimate of drug-likeness (QED) is 0.398. The number of rotatable bonds is 2. The minimum absolute atomic E-state index is 0.311. The van der Waals surface area contributed by atoms with E-state index in [9.17, 15) is 0 Å². The molecule has 3 heteroatoms. The Morgan fingerprint density at radius 1 is 1.14 bits per heavy atom. The summed E-state index contributed by atoms with van der Waals surface area (Å²) in [5, 5.41) is 1.68. The van der Waals surface area contributed by atoms with E-state index in [0.29, 0.717) is 47.4 Å². The van der Waals surface area contributed by atoms with E-state index in [0.717, 1.165) is 27.6 Å². The molecule has 4 aromatic rings. The second kappa shape index (κ2) is 6.44. The van der Waals surface area contributed by atoms with Crippen LogP contribution in [-0.4, -0.2) is 4.98 Å². The van der Waals surface area contributed by atoms with Crippen molar-refractivity contribution in [3.8, 4) is 11.3 Å². The van der Waals surface area contributed by atoms with E-state index in [2.05, 4.69) is 4.98 Å². The van der Waals surface area contributed by atoms with Crippen LogP contribution in [0.2, 0.25) is 0 Å². The molecule has 3 nitrogen and oxygen atoms in total. The SMILES string of the molecule is [2H]C([2H])([2H])c1c[n+](C)c(-c2c(C)ccc3c2oc2nc(C4([2H])CCCC4([2H])[2H])ccc23)cc1C. The van der Waals surface area contributed by atoms with Crippen molar-refractivity contribution in [1.82, 2.24) is 4.98 Å². The van der Waals surface area contributed by atoms with Crippen molar-refractivity contribution < 1.29 is 17.2 Å². The van der Waals surface area contributed by atoms with Crippen LogP contribution in [0.3, 0.4) is 0 Å². The van der Waals surface area contributed by atoms with Gasteiger partial charge in [-0.1, -0.05) is 25.0 Å². The zero-order valence-electron chi connectivity index (χ0n) is 22.4. The number of aromatic nitrogens is 2. The molecule has 1 saturated carbocycles. The Kier molecular flexibility index (Phi) is 2.76. The molecule has 0 spiro atoms.